The molecule has 116 valence electrons. The standard InChI is InChI=1S/C13H13N3O4S2/c1-2-11-5-6-12(21-11)9-14-15-22(19,20)13-7-3-10(4-8-13)16(17)18/h3-9,15H,2H2,1H3/b14-9+. The third kappa shape index (κ3) is 3.89. The zero-order valence-electron chi connectivity index (χ0n) is 11.6. The summed E-state index contributed by atoms with van der Waals surface area (Å²) in [5.41, 5.74) is -0.173. The highest BCUT2D eigenvalue weighted by Crippen LogP contribution is 2.16. The minimum Gasteiger partial charge on any atom is -0.258 e. The van der Waals surface area contributed by atoms with Gasteiger partial charge in [-0.15, -0.1) is 11.3 Å². The van der Waals surface area contributed by atoms with Crippen LogP contribution in [0.15, 0.2) is 46.4 Å². The second kappa shape index (κ2) is 6.67. The summed E-state index contributed by atoms with van der Waals surface area (Å²) >= 11 is 1.53. The van der Waals surface area contributed by atoms with Gasteiger partial charge < -0.3 is 0 Å². The van der Waals surface area contributed by atoms with Gasteiger partial charge in [-0.3, -0.25) is 10.1 Å². The lowest BCUT2D eigenvalue weighted by Crippen LogP contribution is -2.18. The van der Waals surface area contributed by atoms with Crippen molar-refractivity contribution < 1.29 is 13.3 Å². The lowest BCUT2D eigenvalue weighted by atomic mass is 10.3. The summed E-state index contributed by atoms with van der Waals surface area (Å²) in [6, 6.07) is 8.40. The topological polar surface area (TPSA) is 102 Å². The lowest BCUT2D eigenvalue weighted by molar-refractivity contribution is -0.384. The third-order valence-electron chi connectivity index (χ3n) is 2.75. The Morgan fingerprint density at radius 1 is 1.27 bits per heavy atom. The Kier molecular flexibility index (Phi) is 4.88. The van der Waals surface area contributed by atoms with Crippen LogP contribution in [0.3, 0.4) is 0 Å². The molecule has 0 bridgehead atoms. The van der Waals surface area contributed by atoms with Gasteiger partial charge in [-0.2, -0.15) is 13.5 Å². The van der Waals surface area contributed by atoms with Gasteiger partial charge in [-0.05, 0) is 30.7 Å². The van der Waals surface area contributed by atoms with Gasteiger partial charge in [0.15, 0.2) is 0 Å². The van der Waals surface area contributed by atoms with Crippen LogP contribution in [0.2, 0.25) is 0 Å². The fraction of sp³-hybridized carbons (Fsp3) is 0.154. The summed E-state index contributed by atoms with van der Waals surface area (Å²) < 4.78 is 23.9. The zero-order chi connectivity index (χ0) is 16.2. The molecule has 2 rings (SSSR count). The highest BCUT2D eigenvalue weighted by molar-refractivity contribution is 7.89. The molecular formula is C13H13N3O4S2. The van der Waals surface area contributed by atoms with Crippen LogP contribution in [-0.2, 0) is 16.4 Å². The van der Waals surface area contributed by atoms with Crippen LogP contribution in [0.25, 0.3) is 0 Å². The average molecular weight is 339 g/mol. The van der Waals surface area contributed by atoms with E-state index in [0.717, 1.165) is 35.6 Å². The Bertz CT molecular complexity index is 795. The summed E-state index contributed by atoms with van der Waals surface area (Å²) in [5.74, 6) is 0. The van der Waals surface area contributed by atoms with Crippen molar-refractivity contribution in [2.24, 2.45) is 5.10 Å². The monoisotopic (exact) mass is 339 g/mol. The highest BCUT2D eigenvalue weighted by atomic mass is 32.2. The summed E-state index contributed by atoms with van der Waals surface area (Å²) in [5, 5.41) is 14.2. The van der Waals surface area contributed by atoms with E-state index in [1.807, 2.05) is 19.1 Å². The molecule has 0 aliphatic heterocycles. The van der Waals surface area contributed by atoms with E-state index in [1.165, 1.54) is 22.4 Å². The number of aryl methyl sites for hydroxylation is 1. The van der Waals surface area contributed by atoms with E-state index in [1.54, 1.807) is 0 Å². The van der Waals surface area contributed by atoms with Crippen molar-refractivity contribution in [3.63, 3.8) is 0 Å². The molecule has 1 aromatic heterocycles. The predicted octanol–water partition coefficient (Wildman–Crippen LogP) is 2.53. The first-order valence-electron chi connectivity index (χ1n) is 6.30. The molecule has 7 nitrogen and oxygen atoms in total. The number of sulfonamides is 1. The second-order valence-corrected chi connectivity index (χ2v) is 7.12. The van der Waals surface area contributed by atoms with Crippen LogP contribution in [0.5, 0.6) is 0 Å². The molecule has 1 heterocycles. The Morgan fingerprint density at radius 2 is 1.95 bits per heavy atom. The number of non-ortho nitro benzene ring substituents is 1. The molecule has 0 saturated heterocycles. The van der Waals surface area contributed by atoms with Crippen LogP contribution in [-0.4, -0.2) is 19.6 Å². The number of nitro benzene ring substituents is 1. The van der Waals surface area contributed by atoms with Crippen LogP contribution in [0.1, 0.15) is 16.7 Å². The fourth-order valence-electron chi connectivity index (χ4n) is 1.61. The second-order valence-electron chi connectivity index (χ2n) is 4.26. The molecule has 0 amide bonds. The maximum atomic E-state index is 12.0. The summed E-state index contributed by atoms with van der Waals surface area (Å²) in [7, 11) is -3.84. The van der Waals surface area contributed by atoms with Crippen LogP contribution in [0.4, 0.5) is 5.69 Å². The first-order chi connectivity index (χ1) is 10.4. The molecule has 0 aliphatic rings. The molecule has 0 fully saturated rings. The van der Waals surface area contributed by atoms with E-state index in [-0.39, 0.29) is 10.6 Å². The maximum absolute atomic E-state index is 12.0. The Morgan fingerprint density at radius 3 is 2.50 bits per heavy atom. The molecule has 2 aromatic rings. The van der Waals surface area contributed by atoms with Crippen molar-refractivity contribution in [1.82, 2.24) is 4.83 Å². The van der Waals surface area contributed by atoms with E-state index in [9.17, 15) is 18.5 Å². The van der Waals surface area contributed by atoms with E-state index in [0.29, 0.717) is 0 Å². The summed E-state index contributed by atoms with van der Waals surface area (Å²) in [6.45, 7) is 2.03. The van der Waals surface area contributed by atoms with Crippen LogP contribution >= 0.6 is 11.3 Å². The lowest BCUT2D eigenvalue weighted by Gasteiger charge is -2.02. The quantitative estimate of drug-likeness (QED) is 0.496. The molecule has 0 saturated carbocycles. The van der Waals surface area contributed by atoms with Crippen molar-refractivity contribution in [1.29, 1.82) is 0 Å². The van der Waals surface area contributed by atoms with Gasteiger partial charge in [0, 0.05) is 21.9 Å². The number of hydrogen-bond acceptors (Lipinski definition) is 6. The molecule has 1 N–H and O–H groups in total. The first kappa shape index (κ1) is 16.1. The van der Waals surface area contributed by atoms with E-state index in [2.05, 4.69) is 9.93 Å². The van der Waals surface area contributed by atoms with Gasteiger partial charge in [0.05, 0.1) is 16.0 Å². The number of nitrogens with zero attached hydrogens (tertiary/aromatic N) is 2. The van der Waals surface area contributed by atoms with Gasteiger partial charge in [0.25, 0.3) is 15.7 Å². The SMILES string of the molecule is CCc1ccc(/C=N/NS(=O)(=O)c2ccc([N+](=O)[O-])cc2)s1. The normalized spacial score (nSPS) is 11.7. The molecule has 0 unspecified atom stereocenters. The Hall–Kier alpha value is -2.26. The van der Waals surface area contributed by atoms with Gasteiger partial charge >= 0.3 is 0 Å². The number of benzene rings is 1. The van der Waals surface area contributed by atoms with E-state index in [4.69, 9.17) is 0 Å². The predicted molar refractivity (Wildman–Crippen MR) is 84.7 cm³/mol. The summed E-state index contributed by atoms with van der Waals surface area (Å²) in [6.07, 6.45) is 2.33. The molecule has 9 heteroatoms. The summed E-state index contributed by atoms with van der Waals surface area (Å²) in [4.78, 5) is 14.0. The van der Waals surface area contributed by atoms with E-state index < -0.39 is 14.9 Å². The largest absolute Gasteiger partial charge is 0.276 e. The van der Waals surface area contributed by atoms with Crippen molar-refractivity contribution in [3.8, 4) is 0 Å². The maximum Gasteiger partial charge on any atom is 0.276 e. The van der Waals surface area contributed by atoms with Gasteiger partial charge in [-0.25, -0.2) is 4.83 Å². The van der Waals surface area contributed by atoms with Crippen molar-refractivity contribution in [2.45, 2.75) is 18.2 Å². The van der Waals surface area contributed by atoms with Gasteiger partial charge in [0.1, 0.15) is 0 Å². The number of nitro groups is 1. The van der Waals surface area contributed by atoms with Crippen LogP contribution < -0.4 is 4.83 Å². The molecule has 0 spiro atoms. The molecule has 1 aromatic carbocycles. The number of hydrogen-bond donors (Lipinski definition) is 1. The van der Waals surface area contributed by atoms with E-state index >= 15 is 0 Å². The number of hydrazone groups is 1. The van der Waals surface area contributed by atoms with Crippen LogP contribution in [0, 0.1) is 10.1 Å². The van der Waals surface area contributed by atoms with Crippen molar-refractivity contribution >= 4 is 33.3 Å². The zero-order valence-corrected chi connectivity index (χ0v) is 13.2. The minimum absolute atomic E-state index is 0.0873. The average Bonchev–Trinajstić information content (AvgIpc) is 2.95. The first-order valence-corrected chi connectivity index (χ1v) is 8.60. The molecule has 0 atom stereocenters. The fourth-order valence-corrected chi connectivity index (χ4v) is 3.23. The van der Waals surface area contributed by atoms with Crippen molar-refractivity contribution in [3.05, 3.63) is 56.3 Å². The Balaban J connectivity index is 2.08. The molecule has 0 aliphatic carbocycles. The third-order valence-corrected chi connectivity index (χ3v) is 5.16. The molecule has 0 radical (unpaired) electrons. The van der Waals surface area contributed by atoms with Gasteiger partial charge in [0.2, 0.25) is 0 Å². The van der Waals surface area contributed by atoms with Crippen molar-refractivity contribution in [2.75, 3.05) is 0 Å². The minimum atomic E-state index is -3.84. The smallest absolute Gasteiger partial charge is 0.258 e. The number of rotatable bonds is 6. The number of thiophene rings is 1. The highest BCUT2D eigenvalue weighted by Gasteiger charge is 2.14. The molecule has 22 heavy (non-hydrogen) atoms. The Labute approximate surface area is 131 Å². The number of nitrogens with one attached hydrogen (secondary N) is 1. The van der Waals surface area contributed by atoms with Gasteiger partial charge in [-0.1, -0.05) is 6.92 Å². The molecular weight excluding hydrogens is 326 g/mol.